The zero-order valence-corrected chi connectivity index (χ0v) is 13.1. The lowest BCUT2D eigenvalue weighted by molar-refractivity contribution is -0.123. The Bertz CT molecular complexity index is 568. The molecule has 1 atom stereocenters. The molecule has 5 heteroatoms. The molecule has 1 aliphatic carbocycles. The fourth-order valence-electron chi connectivity index (χ4n) is 2.32. The number of carbonyl (C=O) groups excluding carboxylic acids is 1. The Labute approximate surface area is 124 Å². The molecule has 3 N–H and O–H groups in total. The fourth-order valence-corrected chi connectivity index (χ4v) is 3.68. The summed E-state index contributed by atoms with van der Waals surface area (Å²) >= 11 is 1.55. The molecule has 0 saturated heterocycles. The molecule has 0 radical (unpaired) electrons. The number of rotatable bonds is 3. The van der Waals surface area contributed by atoms with E-state index in [9.17, 15) is 10.1 Å². The number of fused-ring (bicyclic) bond motifs is 1. The molecular formula is C15H21N3OS. The Morgan fingerprint density at radius 1 is 1.60 bits per heavy atom. The first kappa shape index (κ1) is 15.0. The molecular weight excluding hydrogens is 270 g/mol. The molecule has 1 unspecified atom stereocenters. The topological polar surface area (TPSA) is 78.9 Å². The van der Waals surface area contributed by atoms with E-state index in [4.69, 9.17) is 5.73 Å². The second-order valence-electron chi connectivity index (χ2n) is 6.21. The van der Waals surface area contributed by atoms with Gasteiger partial charge in [-0.25, -0.2) is 0 Å². The van der Waals surface area contributed by atoms with Gasteiger partial charge in [-0.1, -0.05) is 6.92 Å². The van der Waals surface area contributed by atoms with Crippen LogP contribution in [0.4, 0.5) is 5.00 Å². The standard InChI is InChI=1S/C15H21N3OS/c1-9-4-5-10-11(7-16)13(20-12(10)6-9)18-14(19)15(2,3)8-17/h9H,4-6,8,17H2,1-3H3,(H,18,19). The highest BCUT2D eigenvalue weighted by atomic mass is 32.1. The SMILES string of the molecule is CC1CCc2c(sc(NC(=O)C(C)(C)CN)c2C#N)C1. The van der Waals surface area contributed by atoms with Crippen LogP contribution in [0.5, 0.6) is 0 Å². The number of hydrogen-bond acceptors (Lipinski definition) is 4. The Morgan fingerprint density at radius 2 is 2.30 bits per heavy atom. The number of thiophene rings is 1. The van der Waals surface area contributed by atoms with E-state index in [2.05, 4.69) is 18.3 Å². The summed E-state index contributed by atoms with van der Waals surface area (Å²) in [5.74, 6) is 0.528. The van der Waals surface area contributed by atoms with Gasteiger partial charge in [0.05, 0.1) is 11.0 Å². The predicted octanol–water partition coefficient (Wildman–Crippen LogP) is 2.67. The van der Waals surface area contributed by atoms with Crippen LogP contribution in [0.2, 0.25) is 0 Å². The fraction of sp³-hybridized carbons (Fsp3) is 0.600. The summed E-state index contributed by atoms with van der Waals surface area (Å²) in [5, 5.41) is 13.0. The lowest BCUT2D eigenvalue weighted by Crippen LogP contribution is -2.37. The third kappa shape index (κ3) is 2.72. The number of anilines is 1. The van der Waals surface area contributed by atoms with Crippen molar-refractivity contribution in [1.29, 1.82) is 5.26 Å². The third-order valence-electron chi connectivity index (χ3n) is 3.98. The molecule has 2 rings (SSSR count). The van der Waals surface area contributed by atoms with Crippen LogP contribution >= 0.6 is 11.3 Å². The van der Waals surface area contributed by atoms with Gasteiger partial charge >= 0.3 is 0 Å². The van der Waals surface area contributed by atoms with Crippen LogP contribution in [-0.2, 0) is 17.6 Å². The molecule has 1 aliphatic rings. The zero-order valence-electron chi connectivity index (χ0n) is 12.2. The smallest absolute Gasteiger partial charge is 0.231 e. The summed E-state index contributed by atoms with van der Waals surface area (Å²) in [6, 6.07) is 2.26. The number of nitrogens with zero attached hydrogens (tertiary/aromatic N) is 1. The predicted molar refractivity (Wildman–Crippen MR) is 81.7 cm³/mol. The first-order valence-corrected chi connectivity index (χ1v) is 7.77. The minimum atomic E-state index is -0.621. The van der Waals surface area contributed by atoms with Crippen LogP contribution in [0.3, 0.4) is 0 Å². The van der Waals surface area contributed by atoms with Gasteiger partial charge in [-0.2, -0.15) is 5.26 Å². The molecule has 1 aromatic heterocycles. The van der Waals surface area contributed by atoms with Crippen molar-refractivity contribution in [3.05, 3.63) is 16.0 Å². The Balaban J connectivity index is 2.30. The van der Waals surface area contributed by atoms with Gasteiger partial charge in [0.2, 0.25) is 5.91 Å². The van der Waals surface area contributed by atoms with Gasteiger partial charge < -0.3 is 11.1 Å². The van der Waals surface area contributed by atoms with Crippen LogP contribution in [0.1, 0.15) is 43.2 Å². The first-order chi connectivity index (χ1) is 9.39. The molecule has 0 fully saturated rings. The summed E-state index contributed by atoms with van der Waals surface area (Å²) in [6.45, 7) is 6.13. The first-order valence-electron chi connectivity index (χ1n) is 6.95. The average Bonchev–Trinajstić information content (AvgIpc) is 2.74. The Kier molecular flexibility index (Phi) is 4.17. The van der Waals surface area contributed by atoms with E-state index in [1.165, 1.54) is 4.88 Å². The van der Waals surface area contributed by atoms with Crippen LogP contribution in [0.25, 0.3) is 0 Å². The van der Waals surface area contributed by atoms with Gasteiger partial charge in [0.15, 0.2) is 0 Å². The highest BCUT2D eigenvalue weighted by molar-refractivity contribution is 7.16. The van der Waals surface area contributed by atoms with E-state index in [1.54, 1.807) is 11.3 Å². The number of carbonyl (C=O) groups is 1. The zero-order chi connectivity index (χ0) is 14.9. The second-order valence-corrected chi connectivity index (χ2v) is 7.31. The Hall–Kier alpha value is -1.38. The molecule has 0 spiro atoms. The van der Waals surface area contributed by atoms with E-state index in [-0.39, 0.29) is 12.5 Å². The maximum Gasteiger partial charge on any atom is 0.231 e. The van der Waals surface area contributed by atoms with Crippen molar-refractivity contribution in [3.8, 4) is 6.07 Å². The molecule has 20 heavy (non-hydrogen) atoms. The molecule has 1 aromatic rings. The van der Waals surface area contributed by atoms with E-state index < -0.39 is 5.41 Å². The van der Waals surface area contributed by atoms with Crippen LogP contribution < -0.4 is 11.1 Å². The number of nitrogens with two attached hydrogens (primary N) is 1. The molecule has 0 aliphatic heterocycles. The van der Waals surface area contributed by atoms with Crippen molar-refractivity contribution in [3.63, 3.8) is 0 Å². The lowest BCUT2D eigenvalue weighted by Gasteiger charge is -2.20. The maximum atomic E-state index is 12.2. The molecule has 0 saturated carbocycles. The monoisotopic (exact) mass is 291 g/mol. The number of nitrogens with one attached hydrogen (secondary N) is 1. The summed E-state index contributed by atoms with van der Waals surface area (Å²) in [7, 11) is 0. The van der Waals surface area contributed by atoms with E-state index in [0.29, 0.717) is 16.5 Å². The average molecular weight is 291 g/mol. The molecule has 0 aromatic carbocycles. The second kappa shape index (κ2) is 5.55. The third-order valence-corrected chi connectivity index (χ3v) is 5.15. The van der Waals surface area contributed by atoms with Crippen LogP contribution in [0, 0.1) is 22.7 Å². The van der Waals surface area contributed by atoms with Gasteiger partial charge in [0.25, 0.3) is 0 Å². The molecule has 1 amide bonds. The summed E-state index contributed by atoms with van der Waals surface area (Å²) in [4.78, 5) is 13.5. The van der Waals surface area contributed by atoms with Gasteiger partial charge in [-0.3, -0.25) is 4.79 Å². The van der Waals surface area contributed by atoms with Gasteiger partial charge in [0, 0.05) is 11.4 Å². The summed E-state index contributed by atoms with van der Waals surface area (Å²) < 4.78 is 0. The van der Waals surface area contributed by atoms with Gasteiger partial charge in [-0.15, -0.1) is 11.3 Å². The van der Waals surface area contributed by atoms with Crippen molar-refractivity contribution in [2.45, 2.75) is 40.0 Å². The summed E-state index contributed by atoms with van der Waals surface area (Å²) in [5.41, 5.74) is 6.79. The number of hydrogen-bond donors (Lipinski definition) is 2. The molecule has 0 bridgehead atoms. The van der Waals surface area contributed by atoms with E-state index in [0.717, 1.165) is 24.8 Å². The van der Waals surface area contributed by atoms with Gasteiger partial charge in [-0.05, 0) is 44.6 Å². The number of amides is 1. The van der Waals surface area contributed by atoms with Crippen molar-refractivity contribution >= 4 is 22.2 Å². The highest BCUT2D eigenvalue weighted by Gasteiger charge is 2.29. The van der Waals surface area contributed by atoms with Crippen LogP contribution in [-0.4, -0.2) is 12.5 Å². The van der Waals surface area contributed by atoms with Gasteiger partial charge in [0.1, 0.15) is 11.1 Å². The summed E-state index contributed by atoms with van der Waals surface area (Å²) in [6.07, 6.45) is 3.05. The normalized spacial score (nSPS) is 18.2. The highest BCUT2D eigenvalue weighted by Crippen LogP contribution is 2.39. The number of nitriles is 1. The van der Waals surface area contributed by atoms with Crippen molar-refractivity contribution < 1.29 is 4.79 Å². The minimum absolute atomic E-state index is 0.122. The van der Waals surface area contributed by atoms with Crippen molar-refractivity contribution in [2.24, 2.45) is 17.1 Å². The largest absolute Gasteiger partial charge is 0.329 e. The van der Waals surface area contributed by atoms with E-state index in [1.807, 2.05) is 13.8 Å². The lowest BCUT2D eigenvalue weighted by atomic mass is 9.88. The molecule has 108 valence electrons. The minimum Gasteiger partial charge on any atom is -0.329 e. The van der Waals surface area contributed by atoms with E-state index >= 15 is 0 Å². The maximum absolute atomic E-state index is 12.2. The van der Waals surface area contributed by atoms with Crippen molar-refractivity contribution in [2.75, 3.05) is 11.9 Å². The quantitative estimate of drug-likeness (QED) is 0.898. The van der Waals surface area contributed by atoms with Crippen molar-refractivity contribution in [1.82, 2.24) is 0 Å². The van der Waals surface area contributed by atoms with Crippen LogP contribution in [0.15, 0.2) is 0 Å². The molecule has 4 nitrogen and oxygen atoms in total. The molecule has 1 heterocycles. The Morgan fingerprint density at radius 3 is 2.90 bits per heavy atom.